The second-order valence-corrected chi connectivity index (χ2v) is 6.05. The maximum Gasteiger partial charge on any atom is 0.179 e. The predicted molar refractivity (Wildman–Crippen MR) is 81.4 cm³/mol. The van der Waals surface area contributed by atoms with Crippen LogP contribution in [0.15, 0.2) is 6.07 Å². The lowest BCUT2D eigenvalue weighted by molar-refractivity contribution is 0.102. The Balaban J connectivity index is 3.24. The number of carbonyl (C=O) groups excluding carboxylic acids is 1. The molecule has 4 heteroatoms. The quantitative estimate of drug-likeness (QED) is 0.592. The van der Waals surface area contributed by atoms with Gasteiger partial charge >= 0.3 is 0 Å². The lowest BCUT2D eigenvalue weighted by atomic mass is 10.0. The maximum absolute atomic E-state index is 11.9. The molecule has 1 rings (SSSR count). The van der Waals surface area contributed by atoms with Gasteiger partial charge in [-0.2, -0.15) is 0 Å². The predicted octanol–water partition coefficient (Wildman–Crippen LogP) is 3.29. The van der Waals surface area contributed by atoms with Crippen molar-refractivity contribution < 1.29 is 4.79 Å². The van der Waals surface area contributed by atoms with Crippen LogP contribution in [0, 0.1) is 19.8 Å². The number of ketones is 1. The van der Waals surface area contributed by atoms with Crippen molar-refractivity contribution in [1.82, 2.24) is 9.47 Å². The Morgan fingerprint density at radius 3 is 2.37 bits per heavy atom. The lowest BCUT2D eigenvalue weighted by Crippen LogP contribution is -2.29. The molecule has 0 aliphatic carbocycles. The van der Waals surface area contributed by atoms with Crippen molar-refractivity contribution in [3.05, 3.63) is 23.0 Å². The molecule has 0 aliphatic heterocycles. The Labute approximate surface area is 121 Å². The first kappa shape index (κ1) is 16.3. The first-order valence-corrected chi connectivity index (χ1v) is 7.25. The van der Waals surface area contributed by atoms with Crippen LogP contribution in [0.5, 0.6) is 0 Å². The second kappa shape index (κ2) is 6.58. The Kier molecular flexibility index (Phi) is 5.63. The van der Waals surface area contributed by atoms with Gasteiger partial charge in [-0.05, 0) is 39.9 Å². The van der Waals surface area contributed by atoms with Crippen molar-refractivity contribution in [1.29, 1.82) is 0 Å². The van der Waals surface area contributed by atoms with Gasteiger partial charge in [0.15, 0.2) is 5.78 Å². The minimum absolute atomic E-state index is 0.00776. The van der Waals surface area contributed by atoms with Gasteiger partial charge in [-0.1, -0.05) is 13.8 Å². The summed E-state index contributed by atoms with van der Waals surface area (Å²) < 4.78 is 2.28. The molecule has 0 bridgehead atoms. The van der Waals surface area contributed by atoms with Gasteiger partial charge in [0.2, 0.25) is 0 Å². The molecule has 1 heterocycles. The standard InChI is InChI=1S/C15H25ClN2O/c1-10(2)14(9-17(5)6)18-11(3)7-13(12(18)4)15(19)8-16/h7,10,14H,8-9H2,1-6H3. The van der Waals surface area contributed by atoms with Crippen LogP contribution in [0.1, 0.15) is 41.6 Å². The molecule has 0 N–H and O–H groups in total. The summed E-state index contributed by atoms with van der Waals surface area (Å²) in [5.74, 6) is 0.559. The number of nitrogens with zero attached hydrogens (tertiary/aromatic N) is 2. The van der Waals surface area contributed by atoms with E-state index >= 15 is 0 Å². The number of hydrogen-bond acceptors (Lipinski definition) is 2. The number of hydrogen-bond donors (Lipinski definition) is 0. The highest BCUT2D eigenvalue weighted by Crippen LogP contribution is 2.26. The number of likely N-dealkylation sites (N-methyl/N-ethyl adjacent to an activating group) is 1. The molecule has 0 spiro atoms. The van der Waals surface area contributed by atoms with Crippen molar-refractivity contribution in [2.24, 2.45) is 5.92 Å². The van der Waals surface area contributed by atoms with Gasteiger partial charge in [-0.15, -0.1) is 11.6 Å². The normalized spacial score (nSPS) is 13.3. The molecule has 1 aromatic heterocycles. The molecule has 0 radical (unpaired) electrons. The first-order valence-electron chi connectivity index (χ1n) is 6.71. The highest BCUT2D eigenvalue weighted by Gasteiger charge is 2.23. The van der Waals surface area contributed by atoms with Gasteiger partial charge in [-0.25, -0.2) is 0 Å². The molecule has 1 unspecified atom stereocenters. The molecule has 3 nitrogen and oxygen atoms in total. The average Bonchev–Trinajstić information content (AvgIpc) is 2.61. The molecule has 0 fully saturated rings. The van der Waals surface area contributed by atoms with Crippen molar-refractivity contribution in [3.8, 4) is 0 Å². The smallest absolute Gasteiger partial charge is 0.179 e. The van der Waals surface area contributed by atoms with Crippen LogP contribution in [0.4, 0.5) is 0 Å². The third kappa shape index (κ3) is 3.61. The fourth-order valence-electron chi connectivity index (χ4n) is 2.61. The molecule has 1 aromatic rings. The highest BCUT2D eigenvalue weighted by atomic mass is 35.5. The Morgan fingerprint density at radius 2 is 1.95 bits per heavy atom. The van der Waals surface area contributed by atoms with E-state index in [9.17, 15) is 4.79 Å². The van der Waals surface area contributed by atoms with E-state index in [-0.39, 0.29) is 11.7 Å². The molecule has 1 atom stereocenters. The number of aromatic nitrogens is 1. The third-order valence-electron chi connectivity index (χ3n) is 3.56. The van der Waals surface area contributed by atoms with Crippen LogP contribution in [0.2, 0.25) is 0 Å². The van der Waals surface area contributed by atoms with Gasteiger partial charge in [0.25, 0.3) is 0 Å². The van der Waals surface area contributed by atoms with Crippen LogP contribution in [-0.2, 0) is 0 Å². The minimum Gasteiger partial charge on any atom is -0.344 e. The van der Waals surface area contributed by atoms with E-state index in [4.69, 9.17) is 11.6 Å². The van der Waals surface area contributed by atoms with Crippen LogP contribution >= 0.6 is 11.6 Å². The number of carbonyl (C=O) groups is 1. The molecule has 0 amide bonds. The fraction of sp³-hybridized carbons (Fsp3) is 0.667. The number of Topliss-reactive ketones (excluding diaryl/α,β-unsaturated/α-hetero) is 1. The molecule has 0 saturated carbocycles. The summed E-state index contributed by atoms with van der Waals surface area (Å²) >= 11 is 5.68. The summed E-state index contributed by atoms with van der Waals surface area (Å²) in [6.07, 6.45) is 0. The molecular weight excluding hydrogens is 260 g/mol. The van der Waals surface area contributed by atoms with Crippen molar-refractivity contribution in [2.45, 2.75) is 33.7 Å². The summed E-state index contributed by atoms with van der Waals surface area (Å²) in [7, 11) is 4.16. The zero-order chi connectivity index (χ0) is 14.7. The summed E-state index contributed by atoms with van der Waals surface area (Å²) in [5.41, 5.74) is 2.92. The van der Waals surface area contributed by atoms with E-state index in [1.165, 1.54) is 0 Å². The average molecular weight is 285 g/mol. The van der Waals surface area contributed by atoms with E-state index in [0.29, 0.717) is 12.0 Å². The topological polar surface area (TPSA) is 25.2 Å². The number of aryl methyl sites for hydroxylation is 1. The monoisotopic (exact) mass is 284 g/mol. The second-order valence-electron chi connectivity index (χ2n) is 5.79. The summed E-state index contributed by atoms with van der Waals surface area (Å²) in [5, 5.41) is 0. The zero-order valence-corrected chi connectivity index (χ0v) is 13.6. The number of halogens is 1. The zero-order valence-electron chi connectivity index (χ0n) is 12.8. The largest absolute Gasteiger partial charge is 0.344 e. The number of alkyl halides is 1. The van der Waals surface area contributed by atoms with Gasteiger partial charge in [-0.3, -0.25) is 4.79 Å². The van der Waals surface area contributed by atoms with Gasteiger partial charge in [0.1, 0.15) is 0 Å². The Morgan fingerprint density at radius 1 is 1.37 bits per heavy atom. The molecule has 0 saturated heterocycles. The molecule has 108 valence electrons. The highest BCUT2D eigenvalue weighted by molar-refractivity contribution is 6.30. The van der Waals surface area contributed by atoms with Gasteiger partial charge < -0.3 is 9.47 Å². The Hall–Kier alpha value is -0.800. The van der Waals surface area contributed by atoms with E-state index in [2.05, 4.69) is 44.3 Å². The lowest BCUT2D eigenvalue weighted by Gasteiger charge is -2.29. The van der Waals surface area contributed by atoms with Crippen LogP contribution in [0.3, 0.4) is 0 Å². The summed E-state index contributed by atoms with van der Waals surface area (Å²) in [6.45, 7) is 9.47. The Bertz CT molecular complexity index is 449. The molecule has 0 aliphatic rings. The molecule has 19 heavy (non-hydrogen) atoms. The van der Waals surface area contributed by atoms with Crippen molar-refractivity contribution in [2.75, 3.05) is 26.5 Å². The van der Waals surface area contributed by atoms with Crippen molar-refractivity contribution in [3.63, 3.8) is 0 Å². The van der Waals surface area contributed by atoms with Gasteiger partial charge in [0.05, 0.1) is 5.88 Å². The fourth-order valence-corrected chi connectivity index (χ4v) is 2.75. The maximum atomic E-state index is 11.9. The molecular formula is C15H25ClN2O. The summed E-state index contributed by atoms with van der Waals surface area (Å²) in [4.78, 5) is 14.0. The van der Waals surface area contributed by atoms with Crippen LogP contribution < -0.4 is 0 Å². The van der Waals surface area contributed by atoms with E-state index in [0.717, 1.165) is 23.5 Å². The van der Waals surface area contributed by atoms with E-state index in [1.807, 2.05) is 13.0 Å². The minimum atomic E-state index is 0.00776. The van der Waals surface area contributed by atoms with Crippen LogP contribution in [-0.4, -0.2) is 41.8 Å². The summed E-state index contributed by atoms with van der Waals surface area (Å²) in [6, 6.07) is 2.33. The van der Waals surface area contributed by atoms with Crippen molar-refractivity contribution >= 4 is 17.4 Å². The SMILES string of the molecule is Cc1cc(C(=O)CCl)c(C)n1C(CN(C)C)C(C)C. The van der Waals surface area contributed by atoms with E-state index in [1.54, 1.807) is 0 Å². The molecule has 0 aromatic carbocycles. The van der Waals surface area contributed by atoms with Crippen LogP contribution in [0.25, 0.3) is 0 Å². The van der Waals surface area contributed by atoms with E-state index < -0.39 is 0 Å². The first-order chi connectivity index (χ1) is 8.79. The third-order valence-corrected chi connectivity index (χ3v) is 3.80. The number of rotatable bonds is 6. The van der Waals surface area contributed by atoms with Gasteiger partial charge in [0, 0.05) is 29.5 Å².